The molecule has 104 valence electrons. The van der Waals surface area contributed by atoms with Crippen molar-refractivity contribution < 1.29 is 22.8 Å². The van der Waals surface area contributed by atoms with E-state index in [0.29, 0.717) is 0 Å². The fourth-order valence-electron chi connectivity index (χ4n) is 1.50. The molecular formula is C14H15F3O2. The molecule has 0 saturated carbocycles. The van der Waals surface area contributed by atoms with Crippen LogP contribution < -0.4 is 0 Å². The van der Waals surface area contributed by atoms with Crippen LogP contribution in [0.5, 0.6) is 0 Å². The minimum Gasteiger partial charge on any atom is -0.294 e. The molecule has 2 nitrogen and oxygen atoms in total. The first-order valence-electron chi connectivity index (χ1n) is 5.75. The number of carbonyl (C=O) groups excluding carboxylic acids is 2. The molecule has 0 saturated heterocycles. The zero-order valence-corrected chi connectivity index (χ0v) is 11.0. The van der Waals surface area contributed by atoms with E-state index < -0.39 is 24.2 Å². The van der Waals surface area contributed by atoms with E-state index in [1.165, 1.54) is 12.1 Å². The SMILES string of the molecule is CC(C)(C)c1ccc(C(=O)CC(=O)C(F)(F)F)cc1. The van der Waals surface area contributed by atoms with Gasteiger partial charge in [0.2, 0.25) is 5.78 Å². The van der Waals surface area contributed by atoms with Gasteiger partial charge in [0.1, 0.15) is 0 Å². The van der Waals surface area contributed by atoms with Crippen LogP contribution in [0.1, 0.15) is 43.1 Å². The third-order valence-corrected chi connectivity index (χ3v) is 2.71. The average Bonchev–Trinajstić information content (AvgIpc) is 2.26. The number of carbonyl (C=O) groups is 2. The van der Waals surface area contributed by atoms with Crippen LogP contribution in [0.3, 0.4) is 0 Å². The fraction of sp³-hybridized carbons (Fsp3) is 0.429. The molecule has 1 aromatic carbocycles. The highest BCUT2D eigenvalue weighted by atomic mass is 19.4. The third kappa shape index (κ3) is 4.19. The molecule has 0 aliphatic heterocycles. The van der Waals surface area contributed by atoms with Crippen molar-refractivity contribution >= 4 is 11.6 Å². The number of hydrogen-bond acceptors (Lipinski definition) is 2. The van der Waals surface area contributed by atoms with Gasteiger partial charge < -0.3 is 0 Å². The van der Waals surface area contributed by atoms with Crippen LogP contribution in [-0.4, -0.2) is 17.7 Å². The quantitative estimate of drug-likeness (QED) is 0.621. The Morgan fingerprint density at radius 3 is 1.84 bits per heavy atom. The summed E-state index contributed by atoms with van der Waals surface area (Å²) < 4.78 is 36.1. The number of alkyl halides is 3. The third-order valence-electron chi connectivity index (χ3n) is 2.71. The van der Waals surface area contributed by atoms with E-state index in [1.807, 2.05) is 20.8 Å². The van der Waals surface area contributed by atoms with E-state index in [1.54, 1.807) is 12.1 Å². The molecule has 19 heavy (non-hydrogen) atoms. The Morgan fingerprint density at radius 1 is 1.00 bits per heavy atom. The molecule has 0 aliphatic rings. The lowest BCUT2D eigenvalue weighted by atomic mass is 9.86. The van der Waals surface area contributed by atoms with Gasteiger partial charge in [-0.15, -0.1) is 0 Å². The van der Waals surface area contributed by atoms with Gasteiger partial charge in [0.15, 0.2) is 5.78 Å². The molecule has 0 amide bonds. The van der Waals surface area contributed by atoms with Gasteiger partial charge in [0.25, 0.3) is 0 Å². The maximum atomic E-state index is 12.0. The Labute approximate surface area is 109 Å². The minimum atomic E-state index is -4.96. The van der Waals surface area contributed by atoms with Gasteiger partial charge in [-0.05, 0) is 11.0 Å². The van der Waals surface area contributed by atoms with Gasteiger partial charge in [-0.2, -0.15) is 13.2 Å². The summed E-state index contributed by atoms with van der Waals surface area (Å²) in [6.45, 7) is 5.95. The topological polar surface area (TPSA) is 34.1 Å². The Bertz CT molecular complexity index is 479. The van der Waals surface area contributed by atoms with Crippen LogP contribution in [0.15, 0.2) is 24.3 Å². The van der Waals surface area contributed by atoms with Crippen molar-refractivity contribution in [2.45, 2.75) is 38.8 Å². The monoisotopic (exact) mass is 272 g/mol. The molecule has 0 atom stereocenters. The van der Waals surface area contributed by atoms with E-state index in [2.05, 4.69) is 0 Å². The number of hydrogen-bond donors (Lipinski definition) is 0. The highest BCUT2D eigenvalue weighted by molar-refractivity contribution is 6.09. The maximum absolute atomic E-state index is 12.0. The summed E-state index contributed by atoms with van der Waals surface area (Å²) in [6, 6.07) is 6.27. The fourth-order valence-corrected chi connectivity index (χ4v) is 1.50. The highest BCUT2D eigenvalue weighted by Crippen LogP contribution is 2.23. The lowest BCUT2D eigenvalue weighted by molar-refractivity contribution is -0.170. The van der Waals surface area contributed by atoms with Gasteiger partial charge in [-0.1, -0.05) is 45.0 Å². The van der Waals surface area contributed by atoms with Gasteiger partial charge in [-0.25, -0.2) is 0 Å². The maximum Gasteiger partial charge on any atom is 0.450 e. The standard InChI is InChI=1S/C14H15F3O2/c1-13(2,3)10-6-4-9(5-7-10)11(18)8-12(19)14(15,16)17/h4-7H,8H2,1-3H3. The average molecular weight is 272 g/mol. The number of ketones is 2. The molecule has 0 radical (unpaired) electrons. The summed E-state index contributed by atoms with van der Waals surface area (Å²) in [6.07, 6.45) is -6.10. The first-order chi connectivity index (χ1) is 8.51. The zero-order valence-electron chi connectivity index (χ0n) is 11.0. The second-order valence-corrected chi connectivity index (χ2v) is 5.35. The summed E-state index contributed by atoms with van der Waals surface area (Å²) >= 11 is 0. The van der Waals surface area contributed by atoms with E-state index in [0.717, 1.165) is 5.56 Å². The second kappa shape index (κ2) is 5.15. The van der Waals surface area contributed by atoms with Crippen molar-refractivity contribution in [3.63, 3.8) is 0 Å². The lowest BCUT2D eigenvalue weighted by Gasteiger charge is -2.18. The number of Topliss-reactive ketones (excluding diaryl/α,β-unsaturated/α-hetero) is 2. The first-order valence-corrected chi connectivity index (χ1v) is 5.75. The smallest absolute Gasteiger partial charge is 0.294 e. The summed E-state index contributed by atoms with van der Waals surface area (Å²) in [5.41, 5.74) is 0.973. The van der Waals surface area contributed by atoms with Crippen LogP contribution >= 0.6 is 0 Å². The predicted octanol–water partition coefficient (Wildman–Crippen LogP) is 3.69. The highest BCUT2D eigenvalue weighted by Gasteiger charge is 2.39. The van der Waals surface area contributed by atoms with Crippen molar-refractivity contribution in [3.05, 3.63) is 35.4 Å². The van der Waals surface area contributed by atoms with Gasteiger partial charge in [-0.3, -0.25) is 9.59 Å². The van der Waals surface area contributed by atoms with Gasteiger partial charge >= 0.3 is 6.18 Å². The van der Waals surface area contributed by atoms with Crippen LogP contribution in [0.4, 0.5) is 13.2 Å². The van der Waals surface area contributed by atoms with Crippen LogP contribution in [-0.2, 0) is 10.2 Å². The van der Waals surface area contributed by atoms with Crippen molar-refractivity contribution in [1.29, 1.82) is 0 Å². The Balaban J connectivity index is 2.83. The van der Waals surface area contributed by atoms with Crippen molar-refractivity contribution in [2.75, 3.05) is 0 Å². The molecule has 1 aromatic rings. The number of halogens is 3. The molecule has 0 N–H and O–H groups in total. The number of rotatable bonds is 3. The Morgan fingerprint density at radius 2 is 1.47 bits per heavy atom. The summed E-state index contributed by atoms with van der Waals surface area (Å²) in [5.74, 6) is -2.83. The molecule has 0 heterocycles. The summed E-state index contributed by atoms with van der Waals surface area (Å²) in [7, 11) is 0. The minimum absolute atomic E-state index is 0.108. The molecule has 0 fully saturated rings. The first kappa shape index (κ1) is 15.4. The van der Waals surface area contributed by atoms with Crippen molar-refractivity contribution in [3.8, 4) is 0 Å². The largest absolute Gasteiger partial charge is 0.450 e. The van der Waals surface area contributed by atoms with E-state index >= 15 is 0 Å². The molecule has 0 bridgehead atoms. The molecular weight excluding hydrogens is 257 g/mol. The number of benzene rings is 1. The van der Waals surface area contributed by atoms with Gasteiger partial charge in [0.05, 0.1) is 6.42 Å². The van der Waals surface area contributed by atoms with E-state index in [9.17, 15) is 22.8 Å². The zero-order chi connectivity index (χ0) is 14.8. The molecule has 0 aromatic heterocycles. The van der Waals surface area contributed by atoms with E-state index in [4.69, 9.17) is 0 Å². The molecule has 0 spiro atoms. The van der Waals surface area contributed by atoms with Crippen molar-refractivity contribution in [1.82, 2.24) is 0 Å². The van der Waals surface area contributed by atoms with Crippen molar-refractivity contribution in [2.24, 2.45) is 0 Å². The molecule has 0 unspecified atom stereocenters. The van der Waals surface area contributed by atoms with Gasteiger partial charge in [0, 0.05) is 5.56 Å². The summed E-state index contributed by atoms with van der Waals surface area (Å²) in [4.78, 5) is 22.3. The Hall–Kier alpha value is -1.65. The lowest BCUT2D eigenvalue weighted by Crippen LogP contribution is -2.25. The normalized spacial score (nSPS) is 12.3. The Kier molecular flexibility index (Phi) is 4.18. The molecule has 5 heteroatoms. The second-order valence-electron chi connectivity index (χ2n) is 5.35. The van der Waals surface area contributed by atoms with Crippen LogP contribution in [0, 0.1) is 0 Å². The van der Waals surface area contributed by atoms with Crippen LogP contribution in [0.25, 0.3) is 0 Å². The summed E-state index contributed by atoms with van der Waals surface area (Å²) in [5, 5.41) is 0. The van der Waals surface area contributed by atoms with E-state index in [-0.39, 0.29) is 11.0 Å². The molecule has 1 rings (SSSR count). The predicted molar refractivity (Wildman–Crippen MR) is 65.2 cm³/mol. The van der Waals surface area contributed by atoms with Crippen LogP contribution in [0.2, 0.25) is 0 Å². The molecule has 0 aliphatic carbocycles.